The number of aliphatic carboxylic acids is 1. The Balaban J connectivity index is 2.56. The highest BCUT2D eigenvalue weighted by molar-refractivity contribution is 6.34. The minimum Gasteiger partial charge on any atom is -0.480 e. The molecule has 0 atom stereocenters. The number of carboxylic acids is 1. The largest absolute Gasteiger partial charge is 0.480 e. The van der Waals surface area contributed by atoms with Crippen LogP contribution in [-0.2, 0) is 18.0 Å². The molecule has 0 radical (unpaired) electrons. The van der Waals surface area contributed by atoms with E-state index < -0.39 is 40.3 Å². The Morgan fingerprint density at radius 1 is 1.33 bits per heavy atom. The third-order valence-electron chi connectivity index (χ3n) is 2.88. The van der Waals surface area contributed by atoms with Gasteiger partial charge in [0.05, 0.1) is 5.02 Å². The first-order chi connectivity index (χ1) is 11.0. The lowest BCUT2D eigenvalue weighted by Gasteiger charge is -2.09. The summed E-state index contributed by atoms with van der Waals surface area (Å²) >= 11 is 11.4. The van der Waals surface area contributed by atoms with Crippen LogP contribution < -0.4 is 4.74 Å². The lowest BCUT2D eigenvalue weighted by atomic mass is 10.1. The zero-order chi connectivity index (χ0) is 18.2. The van der Waals surface area contributed by atoms with E-state index in [2.05, 4.69) is 5.10 Å². The van der Waals surface area contributed by atoms with Gasteiger partial charge in [0.1, 0.15) is 22.3 Å². The molecule has 0 aliphatic heterocycles. The second kappa shape index (κ2) is 6.48. The summed E-state index contributed by atoms with van der Waals surface area (Å²) < 4.78 is 58.0. The van der Waals surface area contributed by atoms with E-state index in [0.29, 0.717) is 4.68 Å². The molecule has 5 nitrogen and oxygen atoms in total. The number of benzene rings is 1. The zero-order valence-electron chi connectivity index (χ0n) is 11.8. The van der Waals surface area contributed by atoms with Crippen LogP contribution in [0.15, 0.2) is 12.1 Å². The number of carboxylic acid groups (broad SMARTS) is 1. The molecule has 1 aromatic carbocycles. The van der Waals surface area contributed by atoms with E-state index in [1.165, 1.54) is 0 Å². The number of hydrogen-bond acceptors (Lipinski definition) is 3. The quantitative estimate of drug-likeness (QED) is 0.806. The number of halogens is 6. The number of ether oxygens (including phenoxy) is 1. The molecule has 130 valence electrons. The van der Waals surface area contributed by atoms with E-state index >= 15 is 0 Å². The van der Waals surface area contributed by atoms with Crippen LogP contribution in [0, 0.1) is 5.82 Å². The molecule has 24 heavy (non-hydrogen) atoms. The Hall–Kier alpha value is -2.00. The average molecular weight is 387 g/mol. The maximum absolute atomic E-state index is 13.9. The molecule has 1 aromatic heterocycles. The molecule has 1 heterocycles. The summed E-state index contributed by atoms with van der Waals surface area (Å²) in [7, 11) is 1.03. The average Bonchev–Trinajstić information content (AvgIpc) is 2.75. The summed E-state index contributed by atoms with van der Waals surface area (Å²) in [4.78, 5) is 10.5. The van der Waals surface area contributed by atoms with Crippen LogP contribution in [0.5, 0.6) is 5.75 Å². The molecule has 0 bridgehead atoms. The minimum absolute atomic E-state index is 0.145. The van der Waals surface area contributed by atoms with Crippen molar-refractivity contribution in [3.8, 4) is 17.0 Å². The Kier molecular flexibility index (Phi) is 4.95. The summed E-state index contributed by atoms with van der Waals surface area (Å²) in [6.07, 6.45) is -4.76. The van der Waals surface area contributed by atoms with Gasteiger partial charge in [-0.15, -0.1) is 0 Å². The van der Waals surface area contributed by atoms with E-state index in [1.54, 1.807) is 0 Å². The highest BCUT2D eigenvalue weighted by Gasteiger charge is 2.39. The van der Waals surface area contributed by atoms with Crippen LogP contribution in [0.4, 0.5) is 17.6 Å². The Bertz CT molecular complexity index is 805. The van der Waals surface area contributed by atoms with Crippen LogP contribution >= 0.6 is 23.2 Å². The van der Waals surface area contributed by atoms with Crippen LogP contribution in [0.25, 0.3) is 11.3 Å². The number of nitrogens with zero attached hydrogens (tertiary/aromatic N) is 2. The van der Waals surface area contributed by atoms with Crippen molar-refractivity contribution < 1.29 is 32.2 Å². The van der Waals surface area contributed by atoms with Crippen molar-refractivity contribution in [1.82, 2.24) is 9.78 Å². The van der Waals surface area contributed by atoms with Crippen molar-refractivity contribution in [1.29, 1.82) is 0 Å². The van der Waals surface area contributed by atoms with Gasteiger partial charge in [-0.25, -0.2) is 9.18 Å². The SMILES string of the molecule is Cn1nc(-c2cc(F)c(Cl)c(OCC(=O)O)c2)c(Cl)c1C(F)(F)F. The van der Waals surface area contributed by atoms with Crippen molar-refractivity contribution in [3.63, 3.8) is 0 Å². The maximum atomic E-state index is 13.9. The molecular formula is C13H8Cl2F4N2O3. The molecule has 11 heteroatoms. The zero-order valence-corrected chi connectivity index (χ0v) is 13.3. The fraction of sp³-hybridized carbons (Fsp3) is 0.231. The van der Waals surface area contributed by atoms with E-state index in [1.807, 2.05) is 0 Å². The van der Waals surface area contributed by atoms with E-state index in [0.717, 1.165) is 19.2 Å². The standard InChI is InChI=1S/C13H8Cl2F4N2O3/c1-21-12(13(17,18)19)10(15)11(20-21)5-2-6(16)9(14)7(3-5)24-4-8(22)23/h2-3H,4H2,1H3,(H,22,23). The summed E-state index contributed by atoms with van der Waals surface area (Å²) in [5, 5.41) is 11.0. The monoisotopic (exact) mass is 386 g/mol. The Morgan fingerprint density at radius 2 is 1.96 bits per heavy atom. The molecule has 0 saturated carbocycles. The first-order valence-electron chi connectivity index (χ1n) is 6.16. The van der Waals surface area contributed by atoms with Crippen LogP contribution in [0.1, 0.15) is 5.69 Å². The molecule has 2 rings (SSSR count). The number of carbonyl (C=O) groups is 1. The number of aryl methyl sites for hydroxylation is 1. The highest BCUT2D eigenvalue weighted by Crippen LogP contribution is 2.41. The number of aromatic nitrogens is 2. The summed E-state index contributed by atoms with van der Waals surface area (Å²) in [6.45, 7) is -0.813. The third-order valence-corrected chi connectivity index (χ3v) is 3.60. The fourth-order valence-electron chi connectivity index (χ4n) is 1.94. The van der Waals surface area contributed by atoms with Gasteiger partial charge < -0.3 is 9.84 Å². The van der Waals surface area contributed by atoms with Crippen molar-refractivity contribution in [2.75, 3.05) is 6.61 Å². The van der Waals surface area contributed by atoms with Crippen molar-refractivity contribution >= 4 is 29.2 Å². The number of rotatable bonds is 4. The second-order valence-electron chi connectivity index (χ2n) is 4.59. The van der Waals surface area contributed by atoms with Gasteiger partial charge in [-0.3, -0.25) is 4.68 Å². The topological polar surface area (TPSA) is 64.4 Å². The molecule has 0 aliphatic carbocycles. The van der Waals surface area contributed by atoms with Crippen LogP contribution in [0.3, 0.4) is 0 Å². The molecule has 0 saturated heterocycles. The number of alkyl halides is 3. The molecule has 2 aromatic rings. The van der Waals surface area contributed by atoms with Crippen molar-refractivity contribution in [3.05, 3.63) is 33.7 Å². The summed E-state index contributed by atoms with van der Waals surface area (Å²) in [5.41, 5.74) is -1.70. The van der Waals surface area contributed by atoms with E-state index in [9.17, 15) is 22.4 Å². The van der Waals surface area contributed by atoms with Gasteiger partial charge in [0.25, 0.3) is 0 Å². The first-order valence-corrected chi connectivity index (χ1v) is 6.91. The van der Waals surface area contributed by atoms with Crippen molar-refractivity contribution in [2.24, 2.45) is 7.05 Å². The minimum atomic E-state index is -4.76. The van der Waals surface area contributed by atoms with Gasteiger partial charge in [0, 0.05) is 12.6 Å². The Morgan fingerprint density at radius 3 is 2.46 bits per heavy atom. The van der Waals surface area contributed by atoms with E-state index in [-0.39, 0.29) is 17.0 Å². The molecule has 0 spiro atoms. The molecule has 0 amide bonds. The Labute approximate surface area is 142 Å². The molecule has 0 fully saturated rings. The normalized spacial score (nSPS) is 11.6. The van der Waals surface area contributed by atoms with Gasteiger partial charge in [-0.2, -0.15) is 18.3 Å². The number of hydrogen-bond donors (Lipinski definition) is 1. The summed E-state index contributed by atoms with van der Waals surface area (Å²) in [6, 6.07) is 1.88. The second-order valence-corrected chi connectivity index (χ2v) is 5.34. The van der Waals surface area contributed by atoms with Crippen LogP contribution in [0.2, 0.25) is 10.0 Å². The fourth-order valence-corrected chi connectivity index (χ4v) is 2.48. The lowest BCUT2D eigenvalue weighted by molar-refractivity contribution is -0.143. The molecule has 1 N–H and O–H groups in total. The van der Waals surface area contributed by atoms with Crippen LogP contribution in [-0.4, -0.2) is 27.5 Å². The van der Waals surface area contributed by atoms with Crippen molar-refractivity contribution in [2.45, 2.75) is 6.18 Å². The molecular weight excluding hydrogens is 379 g/mol. The predicted molar refractivity (Wildman–Crippen MR) is 76.8 cm³/mol. The van der Waals surface area contributed by atoms with Gasteiger partial charge in [0.2, 0.25) is 0 Å². The van der Waals surface area contributed by atoms with Gasteiger partial charge >= 0.3 is 12.1 Å². The predicted octanol–water partition coefficient (Wildman–Crippen LogP) is 4.02. The van der Waals surface area contributed by atoms with Gasteiger partial charge in [-0.05, 0) is 12.1 Å². The van der Waals surface area contributed by atoms with E-state index in [4.69, 9.17) is 33.0 Å². The lowest BCUT2D eigenvalue weighted by Crippen LogP contribution is -2.12. The smallest absolute Gasteiger partial charge is 0.434 e. The third kappa shape index (κ3) is 3.57. The van der Waals surface area contributed by atoms with Gasteiger partial charge in [-0.1, -0.05) is 23.2 Å². The highest BCUT2D eigenvalue weighted by atomic mass is 35.5. The maximum Gasteiger partial charge on any atom is 0.434 e. The molecule has 0 unspecified atom stereocenters. The first kappa shape index (κ1) is 18.3. The summed E-state index contributed by atoms with van der Waals surface area (Å²) in [5.74, 6) is -2.72. The van der Waals surface area contributed by atoms with Gasteiger partial charge in [0.15, 0.2) is 12.3 Å². The molecule has 0 aliphatic rings.